The molecule has 10 heteroatoms. The first-order valence-corrected chi connectivity index (χ1v) is 8.74. The Morgan fingerprint density at radius 1 is 1.07 bits per heavy atom. The van der Waals surface area contributed by atoms with E-state index in [-0.39, 0.29) is 11.8 Å². The molecule has 0 unspecified atom stereocenters. The number of para-hydroxylation sites is 2. The molecule has 1 N–H and O–H groups in total. The Morgan fingerprint density at radius 3 is 2.48 bits per heavy atom. The number of anilines is 2. The number of fused-ring (bicyclic) bond motifs is 1. The van der Waals surface area contributed by atoms with E-state index in [1.807, 2.05) is 31.2 Å². The molecule has 0 aliphatic carbocycles. The topological polar surface area (TPSA) is 82.6 Å². The van der Waals surface area contributed by atoms with E-state index >= 15 is 0 Å². The monoisotopic (exact) mass is 400 g/mol. The maximum absolute atomic E-state index is 12.7. The average molecular weight is 400 g/mol. The zero-order valence-electron chi connectivity index (χ0n) is 15.2. The number of alkyl halides is 3. The third-order valence-corrected chi connectivity index (χ3v) is 4.27. The lowest BCUT2D eigenvalue weighted by Gasteiger charge is -2.10. The molecule has 29 heavy (non-hydrogen) atoms. The Labute approximate surface area is 163 Å². The Bertz CT molecular complexity index is 1170. The smallest absolute Gasteiger partial charge is 0.416 e. The molecule has 0 fully saturated rings. The first-order chi connectivity index (χ1) is 13.8. The number of hydrogen-bond acceptors (Lipinski definition) is 5. The minimum absolute atomic E-state index is 0.113. The van der Waals surface area contributed by atoms with E-state index in [4.69, 9.17) is 0 Å². The third-order valence-electron chi connectivity index (χ3n) is 4.27. The molecule has 4 rings (SSSR count). The fourth-order valence-electron chi connectivity index (χ4n) is 2.96. The minimum atomic E-state index is -4.42. The van der Waals surface area contributed by atoms with E-state index in [2.05, 4.69) is 20.4 Å². The molecule has 2 aromatic heterocycles. The van der Waals surface area contributed by atoms with E-state index in [1.54, 1.807) is 4.57 Å². The number of aromatic nitrogens is 5. The van der Waals surface area contributed by atoms with Crippen molar-refractivity contribution in [2.24, 2.45) is 0 Å². The van der Waals surface area contributed by atoms with Crippen LogP contribution in [0.4, 0.5) is 24.7 Å². The molecule has 0 atom stereocenters. The van der Waals surface area contributed by atoms with Crippen LogP contribution in [-0.2, 0) is 12.6 Å². The highest BCUT2D eigenvalue weighted by Crippen LogP contribution is 2.30. The summed E-state index contributed by atoms with van der Waals surface area (Å²) in [5.41, 5.74) is 1.08. The summed E-state index contributed by atoms with van der Waals surface area (Å²) in [5.74, 6) is 0.935. The van der Waals surface area contributed by atoms with E-state index < -0.39 is 11.7 Å². The standard InChI is InChI=1S/C19H15F3N6O/c1-2-17-24-14-5-3-4-6-15(14)28(17)18-25-16(11-27(29)26-18)23-13-9-7-12(8-10-13)19(20,21)22/h3-11H,2H2,1H3,(H,23,25,26). The van der Waals surface area contributed by atoms with Crippen LogP contribution in [0, 0.1) is 5.21 Å². The molecule has 4 aromatic rings. The first-order valence-electron chi connectivity index (χ1n) is 8.74. The van der Waals surface area contributed by atoms with Crippen LogP contribution in [0.25, 0.3) is 17.0 Å². The second-order valence-corrected chi connectivity index (χ2v) is 6.23. The molecule has 2 heterocycles. The lowest BCUT2D eigenvalue weighted by Crippen LogP contribution is -2.33. The average Bonchev–Trinajstić information content (AvgIpc) is 3.06. The van der Waals surface area contributed by atoms with Gasteiger partial charge in [0.15, 0.2) is 0 Å². The van der Waals surface area contributed by atoms with Crippen molar-refractivity contribution < 1.29 is 18.0 Å². The molecule has 0 bridgehead atoms. The Kier molecular flexibility index (Phi) is 4.53. The molecule has 2 aromatic carbocycles. The van der Waals surface area contributed by atoms with Crippen LogP contribution in [0.1, 0.15) is 18.3 Å². The van der Waals surface area contributed by atoms with Gasteiger partial charge in [0.1, 0.15) is 5.82 Å². The number of halogens is 3. The summed E-state index contributed by atoms with van der Waals surface area (Å²) in [6.45, 7) is 1.92. The van der Waals surface area contributed by atoms with Gasteiger partial charge in [-0.3, -0.25) is 4.57 Å². The lowest BCUT2D eigenvalue weighted by molar-refractivity contribution is -0.668. The Hall–Kier alpha value is -3.69. The maximum Gasteiger partial charge on any atom is 0.416 e. The molecule has 0 saturated carbocycles. The van der Waals surface area contributed by atoms with E-state index in [9.17, 15) is 18.4 Å². The number of aryl methyl sites for hydroxylation is 1. The predicted octanol–water partition coefficient (Wildman–Crippen LogP) is 3.77. The van der Waals surface area contributed by atoms with Crippen LogP contribution < -0.4 is 10.2 Å². The van der Waals surface area contributed by atoms with Gasteiger partial charge in [0.05, 0.1) is 21.7 Å². The zero-order valence-corrected chi connectivity index (χ0v) is 15.2. The molecule has 7 nitrogen and oxygen atoms in total. The third kappa shape index (κ3) is 3.68. The van der Waals surface area contributed by atoms with Gasteiger partial charge in [0.25, 0.3) is 6.20 Å². The minimum Gasteiger partial charge on any atom is -0.594 e. The van der Waals surface area contributed by atoms with Crippen molar-refractivity contribution in [3.8, 4) is 5.95 Å². The highest BCUT2D eigenvalue weighted by atomic mass is 19.4. The number of imidazole rings is 1. The van der Waals surface area contributed by atoms with Crippen LogP contribution in [0.2, 0.25) is 0 Å². The molecular formula is C19H15F3N6O. The summed E-state index contributed by atoms with van der Waals surface area (Å²) in [6, 6.07) is 11.8. The number of benzene rings is 2. The summed E-state index contributed by atoms with van der Waals surface area (Å²) in [7, 11) is 0. The van der Waals surface area contributed by atoms with Gasteiger partial charge < -0.3 is 10.5 Å². The van der Waals surface area contributed by atoms with Gasteiger partial charge in [0, 0.05) is 12.1 Å². The fourth-order valence-corrected chi connectivity index (χ4v) is 2.96. The molecule has 0 aliphatic rings. The number of rotatable bonds is 4. The highest BCUT2D eigenvalue weighted by Gasteiger charge is 2.30. The number of nitrogens with zero attached hydrogens (tertiary/aromatic N) is 5. The van der Waals surface area contributed by atoms with E-state index in [0.717, 1.165) is 29.4 Å². The second kappa shape index (κ2) is 7.04. The van der Waals surface area contributed by atoms with Crippen LogP contribution in [0.5, 0.6) is 0 Å². The van der Waals surface area contributed by atoms with Gasteiger partial charge in [0.2, 0.25) is 5.82 Å². The van der Waals surface area contributed by atoms with Gasteiger partial charge >= 0.3 is 12.1 Å². The molecule has 0 amide bonds. The highest BCUT2D eigenvalue weighted by molar-refractivity contribution is 5.77. The SMILES string of the molecule is CCc1nc2ccccc2n1-c1nc(Nc2ccc(C(F)(F)F)cc2)c[n+]([O-])n1. The van der Waals surface area contributed by atoms with Crippen molar-refractivity contribution in [1.82, 2.24) is 19.6 Å². The first kappa shape index (κ1) is 18.7. The van der Waals surface area contributed by atoms with Gasteiger partial charge in [-0.1, -0.05) is 23.9 Å². The molecule has 0 aliphatic heterocycles. The fraction of sp³-hybridized carbons (Fsp3) is 0.158. The van der Waals surface area contributed by atoms with Crippen LogP contribution in [0.15, 0.2) is 54.7 Å². The van der Waals surface area contributed by atoms with Crippen LogP contribution in [0.3, 0.4) is 0 Å². The maximum atomic E-state index is 12.7. The van der Waals surface area contributed by atoms with E-state index in [1.165, 1.54) is 12.1 Å². The van der Waals surface area contributed by atoms with E-state index in [0.29, 0.717) is 22.8 Å². The molecule has 0 saturated heterocycles. The summed E-state index contributed by atoms with van der Waals surface area (Å²) < 4.78 is 39.8. The van der Waals surface area contributed by atoms with Crippen molar-refractivity contribution in [3.63, 3.8) is 0 Å². The van der Waals surface area contributed by atoms with Crippen molar-refractivity contribution in [3.05, 3.63) is 71.3 Å². The largest absolute Gasteiger partial charge is 0.594 e. The lowest BCUT2D eigenvalue weighted by atomic mass is 10.2. The molecule has 0 spiro atoms. The van der Waals surface area contributed by atoms with Gasteiger partial charge in [-0.05, 0) is 36.4 Å². The van der Waals surface area contributed by atoms with Crippen LogP contribution in [-0.4, -0.2) is 19.6 Å². The Balaban J connectivity index is 1.72. The normalized spacial score (nSPS) is 11.7. The van der Waals surface area contributed by atoms with Gasteiger partial charge in [-0.15, -0.1) is 0 Å². The summed E-state index contributed by atoms with van der Waals surface area (Å²) >= 11 is 0. The zero-order chi connectivity index (χ0) is 20.6. The molecule has 0 radical (unpaired) electrons. The second-order valence-electron chi connectivity index (χ2n) is 6.23. The van der Waals surface area contributed by atoms with Gasteiger partial charge in [-0.2, -0.15) is 18.2 Å². The molecule has 148 valence electrons. The van der Waals surface area contributed by atoms with Crippen molar-refractivity contribution in [2.45, 2.75) is 19.5 Å². The number of nitrogens with one attached hydrogen (secondary N) is 1. The molecular weight excluding hydrogens is 385 g/mol. The van der Waals surface area contributed by atoms with Crippen LogP contribution >= 0.6 is 0 Å². The quantitative estimate of drug-likeness (QED) is 0.417. The van der Waals surface area contributed by atoms with Crippen molar-refractivity contribution in [2.75, 3.05) is 5.32 Å². The summed E-state index contributed by atoms with van der Waals surface area (Å²) in [6.07, 6.45) is -2.73. The number of hydrogen-bond donors (Lipinski definition) is 1. The van der Waals surface area contributed by atoms with Gasteiger partial charge in [-0.25, -0.2) is 4.98 Å². The summed E-state index contributed by atoms with van der Waals surface area (Å²) in [5, 5.41) is 18.8. The summed E-state index contributed by atoms with van der Waals surface area (Å²) in [4.78, 5) is 9.24. The Morgan fingerprint density at radius 2 is 1.79 bits per heavy atom. The van der Waals surface area contributed by atoms with Crippen molar-refractivity contribution >= 4 is 22.5 Å². The predicted molar refractivity (Wildman–Crippen MR) is 99.7 cm³/mol. The van der Waals surface area contributed by atoms with Crippen molar-refractivity contribution in [1.29, 1.82) is 0 Å².